The van der Waals surface area contributed by atoms with Crippen molar-refractivity contribution >= 4 is 34.9 Å². The summed E-state index contributed by atoms with van der Waals surface area (Å²) >= 11 is 5.33. The van der Waals surface area contributed by atoms with Gasteiger partial charge in [0.25, 0.3) is 0 Å². The highest BCUT2D eigenvalue weighted by Crippen LogP contribution is 2.27. The molecule has 8 heteroatoms. The number of aromatic nitrogens is 2. The average molecular weight is 377 g/mol. The zero-order valence-corrected chi connectivity index (χ0v) is 16.2. The standard InChI is InChI=1S/C18H28N6OS/c1-3-7-19-18(26)22-17-20-15(23-9-11-25-12-10-23)13-16(21-17)24-8-5-4-6-14(24)2/h3,13-14H,1,4-12H2,2H3,(H2,19,20,21,22,26). The summed E-state index contributed by atoms with van der Waals surface area (Å²) in [7, 11) is 0. The maximum absolute atomic E-state index is 5.47. The lowest BCUT2D eigenvalue weighted by atomic mass is 10.0. The third-order valence-electron chi connectivity index (χ3n) is 4.76. The second-order valence-electron chi connectivity index (χ2n) is 6.67. The van der Waals surface area contributed by atoms with Crippen LogP contribution in [0, 0.1) is 0 Å². The number of morpholine rings is 1. The molecule has 142 valence electrons. The topological polar surface area (TPSA) is 65.6 Å². The Morgan fingerprint density at radius 1 is 1.31 bits per heavy atom. The fourth-order valence-electron chi connectivity index (χ4n) is 3.33. The zero-order valence-electron chi connectivity index (χ0n) is 15.4. The summed E-state index contributed by atoms with van der Waals surface area (Å²) in [5, 5.41) is 6.68. The van der Waals surface area contributed by atoms with Crippen molar-refractivity contribution < 1.29 is 4.74 Å². The minimum atomic E-state index is 0.481. The van der Waals surface area contributed by atoms with E-state index in [1.807, 2.05) is 0 Å². The highest BCUT2D eigenvalue weighted by molar-refractivity contribution is 7.80. The molecule has 1 aromatic rings. The van der Waals surface area contributed by atoms with Gasteiger partial charge < -0.3 is 25.2 Å². The molecule has 7 nitrogen and oxygen atoms in total. The molecule has 26 heavy (non-hydrogen) atoms. The number of hydrogen-bond acceptors (Lipinski definition) is 6. The minimum absolute atomic E-state index is 0.481. The van der Waals surface area contributed by atoms with Crippen LogP contribution in [0.25, 0.3) is 0 Å². The monoisotopic (exact) mass is 376 g/mol. The van der Waals surface area contributed by atoms with Crippen LogP contribution < -0.4 is 20.4 Å². The Bertz CT molecular complexity index is 634. The Morgan fingerprint density at radius 2 is 2.08 bits per heavy atom. The molecule has 3 heterocycles. The summed E-state index contributed by atoms with van der Waals surface area (Å²) < 4.78 is 5.47. The summed E-state index contributed by atoms with van der Waals surface area (Å²) in [5.74, 6) is 2.41. The molecule has 0 saturated carbocycles. The molecule has 2 N–H and O–H groups in total. The molecule has 2 aliphatic rings. The molecule has 1 aromatic heterocycles. The van der Waals surface area contributed by atoms with Crippen LogP contribution in [-0.2, 0) is 4.74 Å². The van der Waals surface area contributed by atoms with Gasteiger partial charge in [-0.1, -0.05) is 6.08 Å². The van der Waals surface area contributed by atoms with E-state index in [4.69, 9.17) is 26.9 Å². The van der Waals surface area contributed by atoms with Crippen molar-refractivity contribution in [1.82, 2.24) is 15.3 Å². The molecule has 2 aliphatic heterocycles. The highest BCUT2D eigenvalue weighted by atomic mass is 32.1. The zero-order chi connectivity index (χ0) is 18.4. The van der Waals surface area contributed by atoms with Crippen molar-refractivity contribution in [3.05, 3.63) is 18.7 Å². The number of ether oxygens (including phenoxy) is 1. The summed E-state index contributed by atoms with van der Waals surface area (Å²) in [6.07, 6.45) is 5.43. The molecular formula is C18H28N6OS. The molecule has 0 bridgehead atoms. The van der Waals surface area contributed by atoms with Crippen molar-refractivity contribution in [3.63, 3.8) is 0 Å². The maximum atomic E-state index is 5.47. The molecule has 0 spiro atoms. The lowest BCUT2D eigenvalue weighted by molar-refractivity contribution is 0.122. The van der Waals surface area contributed by atoms with Gasteiger partial charge in [0.1, 0.15) is 11.6 Å². The van der Waals surface area contributed by atoms with Crippen LogP contribution in [0.15, 0.2) is 18.7 Å². The molecule has 0 aliphatic carbocycles. The number of hydrogen-bond donors (Lipinski definition) is 2. The van der Waals surface area contributed by atoms with Gasteiger partial charge in [0, 0.05) is 38.3 Å². The van der Waals surface area contributed by atoms with Crippen LogP contribution in [0.3, 0.4) is 0 Å². The highest BCUT2D eigenvalue weighted by Gasteiger charge is 2.23. The second-order valence-corrected chi connectivity index (χ2v) is 7.08. The van der Waals surface area contributed by atoms with E-state index < -0.39 is 0 Å². The molecule has 1 unspecified atom stereocenters. The van der Waals surface area contributed by atoms with Gasteiger partial charge in [-0.2, -0.15) is 9.97 Å². The quantitative estimate of drug-likeness (QED) is 0.599. The molecule has 0 aromatic carbocycles. The van der Waals surface area contributed by atoms with Crippen LogP contribution in [0.1, 0.15) is 26.2 Å². The van der Waals surface area contributed by atoms with Crippen LogP contribution in [0.4, 0.5) is 17.6 Å². The van der Waals surface area contributed by atoms with E-state index in [0.717, 1.165) is 44.5 Å². The normalized spacial score (nSPS) is 20.6. The average Bonchev–Trinajstić information content (AvgIpc) is 2.67. The largest absolute Gasteiger partial charge is 0.378 e. The summed E-state index contributed by atoms with van der Waals surface area (Å²) in [6, 6.07) is 2.58. The molecule has 3 rings (SSSR count). The van der Waals surface area contributed by atoms with Crippen molar-refractivity contribution in [2.45, 2.75) is 32.2 Å². The first-order valence-corrected chi connectivity index (χ1v) is 9.72. The Labute approximate surface area is 160 Å². The Balaban J connectivity index is 1.85. The van der Waals surface area contributed by atoms with Crippen molar-refractivity contribution in [1.29, 1.82) is 0 Å². The predicted octanol–water partition coefficient (Wildman–Crippen LogP) is 2.16. The fraction of sp³-hybridized carbons (Fsp3) is 0.611. The first-order chi connectivity index (χ1) is 12.7. The molecule has 1 atom stereocenters. The first-order valence-electron chi connectivity index (χ1n) is 9.31. The van der Waals surface area contributed by atoms with Crippen LogP contribution in [0.5, 0.6) is 0 Å². The van der Waals surface area contributed by atoms with Gasteiger partial charge in [-0.15, -0.1) is 6.58 Å². The molecule has 0 amide bonds. The van der Waals surface area contributed by atoms with Crippen molar-refractivity contribution in [2.24, 2.45) is 0 Å². The van der Waals surface area contributed by atoms with Gasteiger partial charge >= 0.3 is 0 Å². The second kappa shape index (κ2) is 9.14. The van der Waals surface area contributed by atoms with Crippen molar-refractivity contribution in [2.75, 3.05) is 54.5 Å². The first kappa shape index (κ1) is 18.8. The number of nitrogens with one attached hydrogen (secondary N) is 2. The Morgan fingerprint density at radius 3 is 2.81 bits per heavy atom. The van der Waals surface area contributed by atoms with Gasteiger partial charge in [-0.3, -0.25) is 0 Å². The summed E-state index contributed by atoms with van der Waals surface area (Å²) in [5.41, 5.74) is 0. The van der Waals surface area contributed by atoms with E-state index in [-0.39, 0.29) is 0 Å². The van der Waals surface area contributed by atoms with Crippen LogP contribution in [0.2, 0.25) is 0 Å². The van der Waals surface area contributed by atoms with Gasteiger partial charge in [-0.25, -0.2) is 0 Å². The van der Waals surface area contributed by atoms with Gasteiger partial charge in [0.15, 0.2) is 5.11 Å². The molecular weight excluding hydrogens is 348 g/mol. The number of thiocarbonyl (C=S) groups is 1. The third-order valence-corrected chi connectivity index (χ3v) is 5.01. The summed E-state index contributed by atoms with van der Waals surface area (Å²) in [6.45, 7) is 10.7. The summed E-state index contributed by atoms with van der Waals surface area (Å²) in [4.78, 5) is 14.1. The van der Waals surface area contributed by atoms with Crippen LogP contribution >= 0.6 is 12.2 Å². The van der Waals surface area contributed by atoms with E-state index in [2.05, 4.69) is 40.0 Å². The number of anilines is 3. The smallest absolute Gasteiger partial charge is 0.232 e. The minimum Gasteiger partial charge on any atom is -0.378 e. The van der Waals surface area contributed by atoms with Gasteiger partial charge in [0.2, 0.25) is 5.95 Å². The maximum Gasteiger partial charge on any atom is 0.232 e. The molecule has 0 radical (unpaired) electrons. The van der Waals surface area contributed by atoms with E-state index >= 15 is 0 Å². The van der Waals surface area contributed by atoms with Crippen LogP contribution in [-0.4, -0.2) is 60.5 Å². The van der Waals surface area contributed by atoms with E-state index in [1.54, 1.807) is 6.08 Å². The number of rotatable bonds is 5. The van der Waals surface area contributed by atoms with E-state index in [1.165, 1.54) is 19.3 Å². The lowest BCUT2D eigenvalue weighted by Gasteiger charge is -2.35. The van der Waals surface area contributed by atoms with E-state index in [0.29, 0.717) is 23.6 Å². The fourth-order valence-corrected chi connectivity index (χ4v) is 3.50. The number of piperidine rings is 1. The van der Waals surface area contributed by atoms with Gasteiger partial charge in [-0.05, 0) is 38.4 Å². The van der Waals surface area contributed by atoms with Crippen molar-refractivity contribution in [3.8, 4) is 0 Å². The van der Waals surface area contributed by atoms with Gasteiger partial charge in [0.05, 0.1) is 13.2 Å². The Hall–Kier alpha value is -1.93. The molecule has 2 saturated heterocycles. The lowest BCUT2D eigenvalue weighted by Crippen LogP contribution is -2.40. The SMILES string of the molecule is C=CCNC(=S)Nc1nc(N2CCOCC2)cc(N2CCCCC2C)n1. The third kappa shape index (κ3) is 4.82. The van der Waals surface area contributed by atoms with E-state index in [9.17, 15) is 0 Å². The predicted molar refractivity (Wildman–Crippen MR) is 110 cm³/mol. The molecule has 2 fully saturated rings. The Kier molecular flexibility index (Phi) is 6.62. The number of nitrogens with zero attached hydrogens (tertiary/aromatic N) is 4.